The largest absolute Gasteiger partial charge is 0.466 e. The van der Waals surface area contributed by atoms with E-state index >= 15 is 0 Å². The van der Waals surface area contributed by atoms with Gasteiger partial charge in [0.05, 0.1) is 24.7 Å². The van der Waals surface area contributed by atoms with Crippen LogP contribution in [0.25, 0.3) is 0 Å². The van der Waals surface area contributed by atoms with Crippen LogP contribution in [-0.2, 0) is 22.4 Å². The van der Waals surface area contributed by atoms with E-state index in [0.717, 1.165) is 0 Å². The third-order valence-corrected chi connectivity index (χ3v) is 2.66. The molecule has 0 aliphatic carbocycles. The fourth-order valence-corrected chi connectivity index (χ4v) is 1.87. The highest BCUT2D eigenvalue weighted by atomic mass is 19.3. The Hall–Kier alpha value is -2.16. The summed E-state index contributed by atoms with van der Waals surface area (Å²) in [6.45, 7) is 0.573. The summed E-state index contributed by atoms with van der Waals surface area (Å²) < 4.78 is 34.3. The molecule has 0 aromatic heterocycles. The van der Waals surface area contributed by atoms with Gasteiger partial charge in [0.2, 0.25) is 0 Å². The first-order chi connectivity index (χ1) is 9.53. The van der Waals surface area contributed by atoms with Crippen molar-refractivity contribution in [2.75, 3.05) is 6.61 Å². The minimum absolute atomic E-state index is 0.102. The van der Waals surface area contributed by atoms with E-state index in [1.165, 1.54) is 12.1 Å². The van der Waals surface area contributed by atoms with Gasteiger partial charge in [0.25, 0.3) is 0 Å². The van der Waals surface area contributed by atoms with Gasteiger partial charge in [-0.2, -0.15) is 14.0 Å². The van der Waals surface area contributed by atoms with Crippen LogP contribution in [0.15, 0.2) is 12.1 Å². The van der Waals surface area contributed by atoms with E-state index in [1.807, 2.05) is 6.07 Å². The Morgan fingerprint density at radius 2 is 2.10 bits per heavy atom. The van der Waals surface area contributed by atoms with Gasteiger partial charge in [-0.15, -0.1) is 0 Å². The molecule has 0 saturated carbocycles. The third-order valence-electron chi connectivity index (χ3n) is 2.66. The second kappa shape index (κ2) is 7.43. The Bertz CT molecular complexity index is 524. The smallest absolute Gasteiger partial charge is 0.387 e. The molecule has 0 radical (unpaired) electrons. The highest BCUT2D eigenvalue weighted by molar-refractivity contribution is 5.74. The number of rotatable bonds is 6. The summed E-state index contributed by atoms with van der Waals surface area (Å²) in [4.78, 5) is 11.5. The Morgan fingerprint density at radius 3 is 2.60 bits per heavy atom. The molecule has 1 rings (SSSR count). The van der Waals surface area contributed by atoms with Crippen molar-refractivity contribution >= 4 is 5.97 Å². The van der Waals surface area contributed by atoms with E-state index in [-0.39, 0.29) is 24.3 Å². The quantitative estimate of drug-likeness (QED) is 0.753. The monoisotopic (exact) mass is 283 g/mol. The van der Waals surface area contributed by atoms with E-state index in [9.17, 15) is 13.6 Å². The molecule has 0 amide bonds. The van der Waals surface area contributed by atoms with Gasteiger partial charge in [-0.05, 0) is 19.4 Å². The average molecular weight is 283 g/mol. The summed E-state index contributed by atoms with van der Waals surface area (Å²) in [7, 11) is 0. The predicted octanol–water partition coefficient (Wildman–Crippen LogP) is 2.83. The van der Waals surface area contributed by atoms with Crippen molar-refractivity contribution in [2.45, 2.75) is 33.3 Å². The zero-order valence-electron chi connectivity index (χ0n) is 11.3. The van der Waals surface area contributed by atoms with Crippen LogP contribution in [0.4, 0.5) is 8.78 Å². The summed E-state index contributed by atoms with van der Waals surface area (Å²) in [5.74, 6) is -0.631. The number of ether oxygens (including phenoxy) is 2. The van der Waals surface area contributed by atoms with Crippen LogP contribution in [0.3, 0.4) is 0 Å². The fourth-order valence-electron chi connectivity index (χ4n) is 1.87. The van der Waals surface area contributed by atoms with Gasteiger partial charge in [-0.3, -0.25) is 4.79 Å². The van der Waals surface area contributed by atoms with Crippen LogP contribution in [-0.4, -0.2) is 19.2 Å². The second-order valence-corrected chi connectivity index (χ2v) is 3.91. The highest BCUT2D eigenvalue weighted by Crippen LogP contribution is 2.30. The van der Waals surface area contributed by atoms with Crippen molar-refractivity contribution < 1.29 is 23.0 Å². The van der Waals surface area contributed by atoms with Crippen molar-refractivity contribution in [1.82, 2.24) is 0 Å². The van der Waals surface area contributed by atoms with Gasteiger partial charge in [-0.1, -0.05) is 13.0 Å². The summed E-state index contributed by atoms with van der Waals surface area (Å²) in [6.07, 6.45) is 0.177. The lowest BCUT2D eigenvalue weighted by Crippen LogP contribution is -2.12. The standard InChI is InChI=1S/C14H15F2NO3/c1-3-11-10(8-17)6-5-9(7-12(18)19-4-2)13(11)20-14(15)16/h5-6,14H,3-4,7H2,1-2H3. The van der Waals surface area contributed by atoms with Gasteiger partial charge in [0.15, 0.2) is 0 Å². The molecule has 6 heteroatoms. The summed E-state index contributed by atoms with van der Waals surface area (Å²) in [5.41, 5.74) is 0.921. The third kappa shape index (κ3) is 3.92. The molecule has 0 N–H and O–H groups in total. The first-order valence-corrected chi connectivity index (χ1v) is 6.18. The lowest BCUT2D eigenvalue weighted by atomic mass is 9.99. The van der Waals surface area contributed by atoms with E-state index < -0.39 is 12.6 Å². The Kier molecular flexibility index (Phi) is 5.91. The van der Waals surface area contributed by atoms with Crippen molar-refractivity contribution in [2.24, 2.45) is 0 Å². The van der Waals surface area contributed by atoms with Gasteiger partial charge < -0.3 is 9.47 Å². The van der Waals surface area contributed by atoms with Crippen LogP contribution < -0.4 is 4.74 Å². The molecule has 0 unspecified atom stereocenters. The van der Waals surface area contributed by atoms with Crippen LogP contribution >= 0.6 is 0 Å². The molecule has 20 heavy (non-hydrogen) atoms. The van der Waals surface area contributed by atoms with Crippen LogP contribution in [0.5, 0.6) is 5.75 Å². The molecule has 4 nitrogen and oxygen atoms in total. The summed E-state index contributed by atoms with van der Waals surface area (Å²) >= 11 is 0. The van der Waals surface area contributed by atoms with E-state index in [2.05, 4.69) is 4.74 Å². The van der Waals surface area contributed by atoms with Crippen molar-refractivity contribution in [3.8, 4) is 11.8 Å². The minimum Gasteiger partial charge on any atom is -0.466 e. The topological polar surface area (TPSA) is 59.3 Å². The second-order valence-electron chi connectivity index (χ2n) is 3.91. The number of nitrogens with zero attached hydrogens (tertiary/aromatic N) is 1. The Morgan fingerprint density at radius 1 is 1.40 bits per heavy atom. The predicted molar refractivity (Wildman–Crippen MR) is 67.5 cm³/mol. The maximum absolute atomic E-state index is 12.5. The Labute approximate surface area is 115 Å². The number of alkyl halides is 2. The molecule has 0 bridgehead atoms. The minimum atomic E-state index is -3.02. The molecule has 0 spiro atoms. The first kappa shape index (κ1) is 15.9. The van der Waals surface area contributed by atoms with Gasteiger partial charge in [0.1, 0.15) is 5.75 Å². The molecular formula is C14H15F2NO3. The molecule has 108 valence electrons. The highest BCUT2D eigenvalue weighted by Gasteiger charge is 2.19. The number of esters is 1. The molecule has 0 saturated heterocycles. The van der Waals surface area contributed by atoms with Gasteiger partial charge in [-0.25, -0.2) is 0 Å². The fraction of sp³-hybridized carbons (Fsp3) is 0.429. The van der Waals surface area contributed by atoms with E-state index in [0.29, 0.717) is 17.5 Å². The van der Waals surface area contributed by atoms with Gasteiger partial charge >= 0.3 is 12.6 Å². The normalized spacial score (nSPS) is 10.2. The molecule has 0 aliphatic rings. The number of carbonyl (C=O) groups is 1. The zero-order chi connectivity index (χ0) is 15.1. The zero-order valence-corrected chi connectivity index (χ0v) is 11.3. The number of halogens is 2. The number of benzene rings is 1. The van der Waals surface area contributed by atoms with Crippen molar-refractivity contribution in [1.29, 1.82) is 5.26 Å². The SMILES string of the molecule is CCOC(=O)Cc1ccc(C#N)c(CC)c1OC(F)F. The van der Waals surface area contributed by atoms with E-state index in [1.54, 1.807) is 13.8 Å². The van der Waals surface area contributed by atoms with Crippen molar-refractivity contribution in [3.05, 3.63) is 28.8 Å². The average Bonchev–Trinajstić information content (AvgIpc) is 2.40. The maximum atomic E-state index is 12.5. The first-order valence-electron chi connectivity index (χ1n) is 6.18. The number of hydrogen-bond donors (Lipinski definition) is 0. The number of nitriles is 1. The van der Waals surface area contributed by atoms with Gasteiger partial charge in [0, 0.05) is 11.1 Å². The molecule has 0 aliphatic heterocycles. The van der Waals surface area contributed by atoms with E-state index in [4.69, 9.17) is 10.00 Å². The van der Waals surface area contributed by atoms with Crippen LogP contribution in [0.1, 0.15) is 30.5 Å². The van der Waals surface area contributed by atoms with Crippen LogP contribution in [0.2, 0.25) is 0 Å². The lowest BCUT2D eigenvalue weighted by molar-refractivity contribution is -0.142. The molecular weight excluding hydrogens is 268 g/mol. The molecule has 0 fully saturated rings. The number of hydrogen-bond acceptors (Lipinski definition) is 4. The molecule has 0 atom stereocenters. The maximum Gasteiger partial charge on any atom is 0.387 e. The summed E-state index contributed by atoms with van der Waals surface area (Å²) in [5, 5.41) is 8.98. The summed E-state index contributed by atoms with van der Waals surface area (Å²) in [6, 6.07) is 4.85. The molecule has 0 heterocycles. The molecule has 1 aromatic carbocycles. The molecule has 1 aromatic rings. The lowest BCUT2D eigenvalue weighted by Gasteiger charge is -2.15. The number of carbonyl (C=O) groups excluding carboxylic acids is 1. The Balaban J connectivity index is 3.22. The van der Waals surface area contributed by atoms with Crippen LogP contribution in [0, 0.1) is 11.3 Å². The van der Waals surface area contributed by atoms with Crippen molar-refractivity contribution in [3.63, 3.8) is 0 Å².